The molecule has 0 aliphatic carbocycles. The quantitative estimate of drug-likeness (QED) is 0.531. The number of likely N-dealkylation sites (tertiary alicyclic amines) is 2. The average molecular weight is 490 g/mol. The van der Waals surface area contributed by atoms with Gasteiger partial charge in [0.25, 0.3) is 5.91 Å². The summed E-state index contributed by atoms with van der Waals surface area (Å²) in [5.41, 5.74) is 3.22. The maximum atomic E-state index is 13.4. The number of benzene rings is 1. The van der Waals surface area contributed by atoms with Crippen molar-refractivity contribution in [1.82, 2.24) is 24.6 Å². The molecule has 1 aromatic carbocycles. The highest BCUT2D eigenvalue weighted by molar-refractivity contribution is 5.96. The van der Waals surface area contributed by atoms with Crippen LogP contribution in [0.2, 0.25) is 0 Å². The van der Waals surface area contributed by atoms with Crippen LogP contribution in [-0.4, -0.2) is 61.4 Å². The van der Waals surface area contributed by atoms with E-state index in [1.807, 2.05) is 23.1 Å². The summed E-state index contributed by atoms with van der Waals surface area (Å²) >= 11 is 0. The first-order valence-electron chi connectivity index (χ1n) is 12.3. The molecule has 0 bridgehead atoms. The van der Waals surface area contributed by atoms with Crippen LogP contribution in [0.25, 0.3) is 11.3 Å². The first kappa shape index (κ1) is 23.8. The number of aromatic nitrogens is 3. The summed E-state index contributed by atoms with van der Waals surface area (Å²) < 4.78 is 15.0. The molecule has 2 aliphatic rings. The van der Waals surface area contributed by atoms with E-state index in [0.717, 1.165) is 29.7 Å². The minimum Gasteiger partial charge on any atom is -0.339 e. The van der Waals surface area contributed by atoms with Crippen LogP contribution in [0, 0.1) is 5.82 Å². The van der Waals surface area contributed by atoms with Crippen molar-refractivity contribution in [2.24, 2.45) is 0 Å². The molecule has 5 rings (SSSR count). The lowest BCUT2D eigenvalue weighted by Gasteiger charge is -2.39. The van der Waals surface area contributed by atoms with Crippen LogP contribution >= 0.6 is 0 Å². The van der Waals surface area contributed by atoms with Gasteiger partial charge in [-0.05, 0) is 55.2 Å². The third-order valence-corrected chi connectivity index (χ3v) is 6.92. The highest BCUT2D eigenvalue weighted by Gasteiger charge is 2.35. The van der Waals surface area contributed by atoms with Gasteiger partial charge in [-0.25, -0.2) is 4.39 Å². The summed E-state index contributed by atoms with van der Waals surface area (Å²) in [4.78, 5) is 45.6. The largest absolute Gasteiger partial charge is 0.339 e. The molecule has 4 heterocycles. The predicted octanol–water partition coefficient (Wildman–Crippen LogP) is 3.21. The van der Waals surface area contributed by atoms with Gasteiger partial charge in [-0.2, -0.15) is 5.10 Å². The van der Waals surface area contributed by atoms with Crippen LogP contribution in [0.15, 0.2) is 54.9 Å². The molecular weight excluding hydrogens is 461 g/mol. The SMILES string of the molecule is O=C1CC(N2CCCCC2=O)CCN1C(=O)Cn1nc(-c2ccncc2)cc1Cc1ccc(F)cc1. The van der Waals surface area contributed by atoms with Crippen LogP contribution in [0.4, 0.5) is 4.39 Å². The van der Waals surface area contributed by atoms with Crippen molar-refractivity contribution in [3.05, 3.63) is 71.9 Å². The Hall–Kier alpha value is -3.88. The molecule has 3 aromatic rings. The highest BCUT2D eigenvalue weighted by Crippen LogP contribution is 2.24. The summed E-state index contributed by atoms with van der Waals surface area (Å²) in [7, 11) is 0. The zero-order chi connectivity index (χ0) is 25.1. The zero-order valence-electron chi connectivity index (χ0n) is 20.0. The summed E-state index contributed by atoms with van der Waals surface area (Å²) in [6.45, 7) is 0.890. The van der Waals surface area contributed by atoms with Crippen LogP contribution in [-0.2, 0) is 27.3 Å². The van der Waals surface area contributed by atoms with Gasteiger partial charge in [0.1, 0.15) is 12.4 Å². The topological polar surface area (TPSA) is 88.4 Å². The molecule has 2 aliphatic heterocycles. The van der Waals surface area contributed by atoms with Crippen molar-refractivity contribution in [2.75, 3.05) is 13.1 Å². The van der Waals surface area contributed by atoms with E-state index in [2.05, 4.69) is 10.1 Å². The number of imide groups is 1. The summed E-state index contributed by atoms with van der Waals surface area (Å²) in [6, 6.07) is 11.7. The number of pyridine rings is 1. The Morgan fingerprint density at radius 1 is 1.00 bits per heavy atom. The number of amides is 3. The molecule has 1 unspecified atom stereocenters. The molecule has 2 fully saturated rings. The lowest BCUT2D eigenvalue weighted by molar-refractivity contribution is -0.150. The second kappa shape index (κ2) is 10.4. The standard InChI is InChI=1S/C27H28FN5O3/c28-21-6-4-19(5-7-21)15-23-16-24(20-8-11-29-12-9-20)30-33(23)18-27(36)32-14-10-22(17-26(32)35)31-13-2-1-3-25(31)34/h4-9,11-12,16,22H,1-3,10,13-15,17-18H2. The van der Waals surface area contributed by atoms with Crippen molar-refractivity contribution in [3.8, 4) is 11.3 Å². The van der Waals surface area contributed by atoms with Gasteiger partial charge in [-0.1, -0.05) is 12.1 Å². The number of hydrogen-bond donors (Lipinski definition) is 0. The van der Waals surface area contributed by atoms with Gasteiger partial charge in [-0.15, -0.1) is 0 Å². The summed E-state index contributed by atoms with van der Waals surface area (Å²) in [5, 5.41) is 4.66. The zero-order valence-corrected chi connectivity index (χ0v) is 20.0. The van der Waals surface area contributed by atoms with E-state index in [-0.39, 0.29) is 49.1 Å². The monoisotopic (exact) mass is 489 g/mol. The molecule has 0 spiro atoms. The molecule has 186 valence electrons. The Labute approximate surface area is 208 Å². The van der Waals surface area contributed by atoms with Crippen LogP contribution in [0.3, 0.4) is 0 Å². The number of carbonyl (C=O) groups is 3. The number of rotatable bonds is 6. The molecule has 2 saturated heterocycles. The molecule has 36 heavy (non-hydrogen) atoms. The van der Waals surface area contributed by atoms with E-state index >= 15 is 0 Å². The summed E-state index contributed by atoms with van der Waals surface area (Å²) in [6.07, 6.45) is 6.95. The molecule has 0 radical (unpaired) electrons. The molecule has 0 N–H and O–H groups in total. The van der Waals surface area contributed by atoms with Crippen molar-refractivity contribution >= 4 is 17.7 Å². The van der Waals surface area contributed by atoms with Gasteiger partial charge < -0.3 is 4.90 Å². The minimum absolute atomic E-state index is 0.0827. The van der Waals surface area contributed by atoms with E-state index in [0.29, 0.717) is 31.5 Å². The third kappa shape index (κ3) is 5.19. The Kier molecular flexibility index (Phi) is 6.88. The number of halogens is 1. The van der Waals surface area contributed by atoms with E-state index in [1.165, 1.54) is 17.0 Å². The van der Waals surface area contributed by atoms with Crippen molar-refractivity contribution in [2.45, 2.75) is 51.1 Å². The normalized spacial score (nSPS) is 18.5. The van der Waals surface area contributed by atoms with Crippen LogP contribution in [0.1, 0.15) is 43.4 Å². The fourth-order valence-electron chi connectivity index (χ4n) is 4.98. The van der Waals surface area contributed by atoms with E-state index in [1.54, 1.807) is 29.2 Å². The third-order valence-electron chi connectivity index (χ3n) is 6.92. The molecule has 1 atom stereocenters. The first-order valence-corrected chi connectivity index (χ1v) is 12.3. The summed E-state index contributed by atoms with van der Waals surface area (Å²) in [5.74, 6) is -0.790. The molecule has 2 aromatic heterocycles. The van der Waals surface area contributed by atoms with E-state index in [4.69, 9.17) is 0 Å². The van der Waals surface area contributed by atoms with Gasteiger partial charge in [0.15, 0.2) is 0 Å². The predicted molar refractivity (Wildman–Crippen MR) is 130 cm³/mol. The van der Waals surface area contributed by atoms with Crippen LogP contribution < -0.4 is 0 Å². The molecule has 3 amide bonds. The second-order valence-electron chi connectivity index (χ2n) is 9.35. The number of hydrogen-bond acceptors (Lipinski definition) is 5. The Bertz CT molecular complexity index is 1260. The van der Waals surface area contributed by atoms with Crippen molar-refractivity contribution < 1.29 is 18.8 Å². The van der Waals surface area contributed by atoms with E-state index in [9.17, 15) is 18.8 Å². The van der Waals surface area contributed by atoms with Gasteiger partial charge in [0.05, 0.1) is 5.69 Å². The molecule has 9 heteroatoms. The fraction of sp³-hybridized carbons (Fsp3) is 0.370. The van der Waals surface area contributed by atoms with Crippen molar-refractivity contribution in [1.29, 1.82) is 0 Å². The minimum atomic E-state index is -0.326. The lowest BCUT2D eigenvalue weighted by Crippen LogP contribution is -2.53. The van der Waals surface area contributed by atoms with Gasteiger partial charge >= 0.3 is 0 Å². The maximum Gasteiger partial charge on any atom is 0.250 e. The number of carbonyl (C=O) groups excluding carboxylic acids is 3. The molecule has 0 saturated carbocycles. The molecule has 8 nitrogen and oxygen atoms in total. The number of piperidine rings is 2. The fourth-order valence-corrected chi connectivity index (χ4v) is 4.98. The first-order chi connectivity index (χ1) is 17.5. The number of nitrogens with zero attached hydrogens (tertiary/aromatic N) is 5. The second-order valence-corrected chi connectivity index (χ2v) is 9.35. The smallest absolute Gasteiger partial charge is 0.250 e. The van der Waals surface area contributed by atoms with Gasteiger partial charge in [0.2, 0.25) is 11.8 Å². The van der Waals surface area contributed by atoms with Crippen LogP contribution in [0.5, 0.6) is 0 Å². The van der Waals surface area contributed by atoms with Gasteiger partial charge in [-0.3, -0.25) is 28.9 Å². The Balaban J connectivity index is 1.32. The Morgan fingerprint density at radius 3 is 2.50 bits per heavy atom. The molecular formula is C27H28FN5O3. The maximum absolute atomic E-state index is 13.4. The van der Waals surface area contributed by atoms with Crippen molar-refractivity contribution in [3.63, 3.8) is 0 Å². The lowest BCUT2D eigenvalue weighted by atomic mass is 9.99. The van der Waals surface area contributed by atoms with Gasteiger partial charge in [0, 0.05) is 62.0 Å². The average Bonchev–Trinajstić information content (AvgIpc) is 3.28. The van der Waals surface area contributed by atoms with E-state index < -0.39 is 0 Å². The highest BCUT2D eigenvalue weighted by atomic mass is 19.1. The Morgan fingerprint density at radius 2 is 1.78 bits per heavy atom.